The number of amides is 1. The van der Waals surface area contributed by atoms with Gasteiger partial charge in [0, 0.05) is 31.0 Å². The van der Waals surface area contributed by atoms with Crippen molar-refractivity contribution in [2.24, 2.45) is 11.8 Å². The third kappa shape index (κ3) is 3.49. The minimum atomic E-state index is -4.55. The molecule has 4 heterocycles. The highest BCUT2D eigenvalue weighted by Crippen LogP contribution is 2.41. The molecular formula is C21H21F3N4OS. The lowest BCUT2D eigenvalue weighted by atomic mass is 9.94. The van der Waals surface area contributed by atoms with E-state index in [2.05, 4.69) is 17.0 Å². The Balaban J connectivity index is 1.50. The number of hydrogen-bond acceptors (Lipinski definition) is 4. The number of piperidine rings is 1. The van der Waals surface area contributed by atoms with Gasteiger partial charge in [0.15, 0.2) is 11.3 Å². The molecule has 0 radical (unpaired) electrons. The lowest BCUT2D eigenvalue weighted by molar-refractivity contribution is -0.142. The maximum atomic E-state index is 13.8. The van der Waals surface area contributed by atoms with Gasteiger partial charge in [-0.3, -0.25) is 4.79 Å². The number of carbonyl (C=O) groups excluding carboxylic acids is 1. The molecule has 5 nitrogen and oxygen atoms in total. The Kier molecular flexibility index (Phi) is 4.61. The topological polar surface area (TPSA) is 50.5 Å². The number of hydrogen-bond donors (Lipinski definition) is 0. The average Bonchev–Trinajstić information content (AvgIpc) is 3.13. The number of alkyl halides is 3. The van der Waals surface area contributed by atoms with Crippen molar-refractivity contribution in [3.63, 3.8) is 0 Å². The van der Waals surface area contributed by atoms with Gasteiger partial charge in [-0.2, -0.15) is 18.3 Å². The minimum Gasteiger partial charge on any atom is -0.342 e. The fourth-order valence-corrected chi connectivity index (χ4v) is 4.95. The molecule has 3 aromatic rings. The Morgan fingerprint density at radius 1 is 1.30 bits per heavy atom. The van der Waals surface area contributed by atoms with Crippen LogP contribution in [0.25, 0.3) is 16.2 Å². The fraction of sp³-hybridized carbons (Fsp3) is 0.476. The minimum absolute atomic E-state index is 0.0790. The molecule has 3 aromatic heterocycles. The number of likely N-dealkylation sites (tertiary alicyclic amines) is 1. The summed E-state index contributed by atoms with van der Waals surface area (Å²) in [5, 5.41) is 6.10. The lowest BCUT2D eigenvalue weighted by Crippen LogP contribution is -2.40. The van der Waals surface area contributed by atoms with Crippen LogP contribution in [-0.2, 0) is 11.0 Å². The summed E-state index contributed by atoms with van der Waals surface area (Å²) in [5.41, 5.74) is 0.206. The van der Waals surface area contributed by atoms with Crippen LogP contribution in [0.2, 0.25) is 0 Å². The van der Waals surface area contributed by atoms with Crippen LogP contribution in [0.15, 0.2) is 29.6 Å². The molecule has 1 saturated carbocycles. The van der Waals surface area contributed by atoms with Crippen LogP contribution in [0, 0.1) is 11.8 Å². The maximum absolute atomic E-state index is 13.8. The molecule has 2 fully saturated rings. The molecule has 0 spiro atoms. The molecule has 1 saturated heterocycles. The summed E-state index contributed by atoms with van der Waals surface area (Å²) in [6.07, 6.45) is -2.00. The van der Waals surface area contributed by atoms with Gasteiger partial charge in [-0.05, 0) is 42.7 Å². The number of halogens is 3. The maximum Gasteiger partial charge on any atom is 0.433 e. The smallest absolute Gasteiger partial charge is 0.342 e. The van der Waals surface area contributed by atoms with E-state index < -0.39 is 11.9 Å². The number of thiophene rings is 1. The van der Waals surface area contributed by atoms with Gasteiger partial charge in [-0.25, -0.2) is 9.50 Å². The van der Waals surface area contributed by atoms with Gasteiger partial charge >= 0.3 is 6.18 Å². The van der Waals surface area contributed by atoms with E-state index in [-0.39, 0.29) is 23.4 Å². The van der Waals surface area contributed by atoms with Gasteiger partial charge in [-0.1, -0.05) is 13.0 Å². The third-order valence-corrected chi connectivity index (χ3v) is 6.98. The number of fused-ring (bicyclic) bond motifs is 1. The second-order valence-corrected chi connectivity index (χ2v) is 9.23. The van der Waals surface area contributed by atoms with E-state index in [4.69, 9.17) is 0 Å². The van der Waals surface area contributed by atoms with Crippen LogP contribution in [0.1, 0.15) is 43.5 Å². The molecule has 0 bridgehead atoms. The summed E-state index contributed by atoms with van der Waals surface area (Å²) in [6, 6.07) is 6.24. The Labute approximate surface area is 175 Å². The molecule has 2 aliphatic rings. The van der Waals surface area contributed by atoms with Gasteiger partial charge < -0.3 is 4.90 Å². The average molecular weight is 434 g/mol. The normalized spacial score (nSPS) is 24.4. The lowest BCUT2D eigenvalue weighted by Gasteiger charge is -2.32. The van der Waals surface area contributed by atoms with Gasteiger partial charge in [0.2, 0.25) is 5.91 Å². The van der Waals surface area contributed by atoms with Crippen molar-refractivity contribution in [1.82, 2.24) is 19.5 Å². The van der Waals surface area contributed by atoms with Crippen molar-refractivity contribution in [1.29, 1.82) is 0 Å². The molecule has 0 N–H and O–H groups in total. The Morgan fingerprint density at radius 2 is 2.10 bits per heavy atom. The first kappa shape index (κ1) is 19.5. The molecule has 1 amide bonds. The van der Waals surface area contributed by atoms with E-state index in [1.165, 1.54) is 11.3 Å². The number of carbonyl (C=O) groups is 1. The zero-order valence-electron chi connectivity index (χ0n) is 16.4. The first-order chi connectivity index (χ1) is 14.3. The van der Waals surface area contributed by atoms with Crippen LogP contribution in [-0.4, -0.2) is 38.5 Å². The van der Waals surface area contributed by atoms with E-state index in [9.17, 15) is 18.0 Å². The molecule has 0 aromatic carbocycles. The zero-order chi connectivity index (χ0) is 21.0. The molecule has 3 atom stereocenters. The second kappa shape index (κ2) is 7.08. The number of nitrogens with zero attached hydrogens (tertiary/aromatic N) is 4. The molecule has 30 heavy (non-hydrogen) atoms. The molecule has 3 unspecified atom stereocenters. The van der Waals surface area contributed by atoms with Gasteiger partial charge in [-0.15, -0.1) is 11.3 Å². The van der Waals surface area contributed by atoms with E-state index in [0.29, 0.717) is 35.3 Å². The summed E-state index contributed by atoms with van der Waals surface area (Å²) >= 11 is 1.35. The Morgan fingerprint density at radius 3 is 2.77 bits per heavy atom. The SMILES string of the molecule is CC1CC1C(=O)N1CCCC(c2cc3nc(-c4cccs4)cc(C(F)(F)F)n3n2)C1. The Hall–Kier alpha value is -2.42. The van der Waals surface area contributed by atoms with E-state index >= 15 is 0 Å². The van der Waals surface area contributed by atoms with Crippen LogP contribution in [0.5, 0.6) is 0 Å². The van der Waals surface area contributed by atoms with E-state index in [1.807, 2.05) is 10.3 Å². The number of rotatable bonds is 3. The van der Waals surface area contributed by atoms with Crippen molar-refractivity contribution in [3.8, 4) is 10.6 Å². The molecular weight excluding hydrogens is 413 g/mol. The summed E-state index contributed by atoms with van der Waals surface area (Å²) in [7, 11) is 0. The first-order valence-corrected chi connectivity index (χ1v) is 11.0. The second-order valence-electron chi connectivity index (χ2n) is 8.28. The molecule has 1 aliphatic heterocycles. The van der Waals surface area contributed by atoms with Crippen LogP contribution < -0.4 is 0 Å². The van der Waals surface area contributed by atoms with E-state index in [0.717, 1.165) is 29.8 Å². The summed E-state index contributed by atoms with van der Waals surface area (Å²) in [4.78, 5) is 19.6. The van der Waals surface area contributed by atoms with Gasteiger partial charge in [0.05, 0.1) is 16.3 Å². The van der Waals surface area contributed by atoms with Crippen molar-refractivity contribution >= 4 is 22.9 Å². The molecule has 1 aliphatic carbocycles. The largest absolute Gasteiger partial charge is 0.433 e. The van der Waals surface area contributed by atoms with Gasteiger partial charge in [0.1, 0.15) is 0 Å². The fourth-order valence-electron chi connectivity index (χ4n) is 4.26. The van der Waals surface area contributed by atoms with Crippen molar-refractivity contribution in [2.75, 3.05) is 13.1 Å². The quantitative estimate of drug-likeness (QED) is 0.593. The molecule has 9 heteroatoms. The predicted octanol–water partition coefficient (Wildman–Crippen LogP) is 4.84. The molecule has 158 valence electrons. The third-order valence-electron chi connectivity index (χ3n) is 6.09. The van der Waals surface area contributed by atoms with Gasteiger partial charge in [0.25, 0.3) is 0 Å². The van der Waals surface area contributed by atoms with E-state index in [1.54, 1.807) is 18.2 Å². The van der Waals surface area contributed by atoms with Crippen LogP contribution in [0.3, 0.4) is 0 Å². The summed E-state index contributed by atoms with van der Waals surface area (Å²) in [6.45, 7) is 3.28. The standard InChI is InChI=1S/C21H21F3N4OS/c1-12-8-14(12)20(29)27-6-2-4-13(11-27)15-10-19-25-16(17-5-3-7-30-17)9-18(21(22,23)24)28(19)26-15/h3,5,7,9-10,12-14H,2,4,6,8,11H2,1H3. The van der Waals surface area contributed by atoms with Crippen LogP contribution >= 0.6 is 11.3 Å². The molecule has 5 rings (SSSR count). The highest BCUT2D eigenvalue weighted by molar-refractivity contribution is 7.13. The van der Waals surface area contributed by atoms with Crippen LogP contribution in [0.4, 0.5) is 13.2 Å². The monoisotopic (exact) mass is 434 g/mol. The summed E-state index contributed by atoms with van der Waals surface area (Å²) in [5.74, 6) is 0.633. The summed E-state index contributed by atoms with van der Waals surface area (Å²) < 4.78 is 42.2. The Bertz CT molecular complexity index is 1090. The zero-order valence-corrected chi connectivity index (χ0v) is 17.2. The highest BCUT2D eigenvalue weighted by atomic mass is 32.1. The van der Waals surface area contributed by atoms with Crippen molar-refractivity contribution < 1.29 is 18.0 Å². The van der Waals surface area contributed by atoms with Crippen molar-refractivity contribution in [3.05, 3.63) is 41.0 Å². The number of aromatic nitrogens is 3. The van der Waals surface area contributed by atoms with Crippen molar-refractivity contribution in [2.45, 2.75) is 38.3 Å². The predicted molar refractivity (Wildman–Crippen MR) is 107 cm³/mol. The first-order valence-electron chi connectivity index (χ1n) is 10.1. The highest BCUT2D eigenvalue weighted by Gasteiger charge is 2.42.